The standard InChI is InChI=1S/C17H20FNO3/c18-14-4-5-15-12(9-14)8-13(10-22-15)16(20)19-11-17(21)6-2-1-3-7-17/h4-5,8-9,21H,1-3,6-7,10-11H2,(H,19,20). The molecule has 0 atom stereocenters. The van der Waals surface area contributed by atoms with Crippen LogP contribution in [-0.4, -0.2) is 29.8 Å². The first-order valence-corrected chi connectivity index (χ1v) is 7.69. The SMILES string of the molecule is O=C(NCC1(O)CCCCC1)C1=Cc2cc(F)ccc2OC1. The number of fused-ring (bicyclic) bond motifs is 1. The van der Waals surface area contributed by atoms with Crippen molar-refractivity contribution >= 4 is 12.0 Å². The average Bonchev–Trinajstić information content (AvgIpc) is 2.52. The summed E-state index contributed by atoms with van der Waals surface area (Å²) in [7, 11) is 0. The molecule has 5 heteroatoms. The van der Waals surface area contributed by atoms with E-state index in [-0.39, 0.29) is 24.9 Å². The van der Waals surface area contributed by atoms with Gasteiger partial charge in [-0.25, -0.2) is 4.39 Å². The van der Waals surface area contributed by atoms with E-state index in [1.54, 1.807) is 12.1 Å². The monoisotopic (exact) mass is 305 g/mol. The van der Waals surface area contributed by atoms with E-state index in [1.165, 1.54) is 12.1 Å². The Bertz CT molecular complexity index is 606. The van der Waals surface area contributed by atoms with E-state index < -0.39 is 5.60 Å². The summed E-state index contributed by atoms with van der Waals surface area (Å²) in [6, 6.07) is 4.23. The zero-order valence-corrected chi connectivity index (χ0v) is 12.4. The van der Waals surface area contributed by atoms with Crippen LogP contribution in [0.15, 0.2) is 23.8 Å². The smallest absolute Gasteiger partial charge is 0.250 e. The van der Waals surface area contributed by atoms with E-state index in [4.69, 9.17) is 4.74 Å². The summed E-state index contributed by atoms with van der Waals surface area (Å²) in [5.74, 6) is -0.0606. The number of benzene rings is 1. The molecule has 3 rings (SSSR count). The number of carbonyl (C=O) groups is 1. The normalized spacial score (nSPS) is 19.6. The van der Waals surface area contributed by atoms with Gasteiger partial charge >= 0.3 is 0 Å². The summed E-state index contributed by atoms with van der Waals surface area (Å²) >= 11 is 0. The predicted molar refractivity (Wildman–Crippen MR) is 80.9 cm³/mol. The Labute approximate surface area is 129 Å². The van der Waals surface area contributed by atoms with E-state index in [0.717, 1.165) is 32.1 Å². The Morgan fingerprint density at radius 2 is 2.09 bits per heavy atom. The third-order valence-electron chi connectivity index (χ3n) is 4.34. The van der Waals surface area contributed by atoms with Crippen molar-refractivity contribution in [3.8, 4) is 5.75 Å². The van der Waals surface area contributed by atoms with Crippen molar-refractivity contribution in [3.05, 3.63) is 35.2 Å². The second-order valence-electron chi connectivity index (χ2n) is 6.11. The molecule has 22 heavy (non-hydrogen) atoms. The molecular weight excluding hydrogens is 285 g/mol. The first-order chi connectivity index (χ1) is 10.6. The molecule has 1 saturated carbocycles. The number of amides is 1. The minimum atomic E-state index is -0.798. The fraction of sp³-hybridized carbons (Fsp3) is 0.471. The van der Waals surface area contributed by atoms with Gasteiger partial charge in [0.25, 0.3) is 5.91 Å². The van der Waals surface area contributed by atoms with Crippen LogP contribution in [-0.2, 0) is 4.79 Å². The van der Waals surface area contributed by atoms with Crippen LogP contribution in [0.4, 0.5) is 4.39 Å². The summed E-state index contributed by atoms with van der Waals surface area (Å²) in [6.45, 7) is 0.405. The van der Waals surface area contributed by atoms with Gasteiger partial charge < -0.3 is 15.2 Å². The highest BCUT2D eigenvalue weighted by Gasteiger charge is 2.30. The van der Waals surface area contributed by atoms with Crippen LogP contribution >= 0.6 is 0 Å². The number of halogens is 1. The van der Waals surface area contributed by atoms with Gasteiger partial charge in [0, 0.05) is 12.1 Å². The van der Waals surface area contributed by atoms with E-state index in [1.807, 2.05) is 0 Å². The fourth-order valence-electron chi connectivity index (χ4n) is 3.02. The Balaban J connectivity index is 1.65. The molecule has 2 aliphatic rings. The Kier molecular flexibility index (Phi) is 4.16. The van der Waals surface area contributed by atoms with E-state index >= 15 is 0 Å². The maximum Gasteiger partial charge on any atom is 0.250 e. The molecule has 0 aromatic heterocycles. The van der Waals surface area contributed by atoms with E-state index in [9.17, 15) is 14.3 Å². The quantitative estimate of drug-likeness (QED) is 0.901. The highest BCUT2D eigenvalue weighted by atomic mass is 19.1. The van der Waals surface area contributed by atoms with Crippen LogP contribution < -0.4 is 10.1 Å². The molecule has 1 aliphatic carbocycles. The molecule has 1 fully saturated rings. The number of rotatable bonds is 3. The predicted octanol–water partition coefficient (Wildman–Crippen LogP) is 2.41. The van der Waals surface area contributed by atoms with Crippen molar-refractivity contribution in [2.75, 3.05) is 13.2 Å². The van der Waals surface area contributed by atoms with Crippen LogP contribution in [0.3, 0.4) is 0 Å². The van der Waals surface area contributed by atoms with Crippen molar-refractivity contribution in [1.82, 2.24) is 5.32 Å². The lowest BCUT2D eigenvalue weighted by Gasteiger charge is -2.32. The third kappa shape index (κ3) is 3.30. The van der Waals surface area contributed by atoms with Gasteiger partial charge in [-0.05, 0) is 37.1 Å². The molecule has 1 aromatic rings. The van der Waals surface area contributed by atoms with Crippen molar-refractivity contribution < 1.29 is 19.0 Å². The molecule has 2 N–H and O–H groups in total. The van der Waals surface area contributed by atoms with Gasteiger partial charge in [-0.3, -0.25) is 4.79 Å². The Hall–Kier alpha value is -1.88. The summed E-state index contributed by atoms with van der Waals surface area (Å²) in [4.78, 5) is 12.2. The lowest BCUT2D eigenvalue weighted by atomic mass is 9.85. The van der Waals surface area contributed by atoms with Crippen LogP contribution in [0.25, 0.3) is 6.08 Å². The fourth-order valence-corrected chi connectivity index (χ4v) is 3.02. The number of nitrogens with one attached hydrogen (secondary N) is 1. The molecule has 1 aliphatic heterocycles. The lowest BCUT2D eigenvalue weighted by molar-refractivity contribution is -0.119. The van der Waals surface area contributed by atoms with Gasteiger partial charge in [-0.2, -0.15) is 0 Å². The van der Waals surface area contributed by atoms with E-state index in [2.05, 4.69) is 5.32 Å². The highest BCUT2D eigenvalue weighted by molar-refractivity contribution is 5.99. The van der Waals surface area contributed by atoms with Crippen LogP contribution in [0.5, 0.6) is 5.75 Å². The van der Waals surface area contributed by atoms with Crippen molar-refractivity contribution in [3.63, 3.8) is 0 Å². The van der Waals surface area contributed by atoms with Crippen molar-refractivity contribution in [1.29, 1.82) is 0 Å². The molecule has 1 aromatic carbocycles. The van der Waals surface area contributed by atoms with Crippen molar-refractivity contribution in [2.24, 2.45) is 0 Å². The largest absolute Gasteiger partial charge is 0.488 e. The summed E-state index contributed by atoms with van der Waals surface area (Å²) < 4.78 is 18.7. The summed E-state index contributed by atoms with van der Waals surface area (Å²) in [5, 5.41) is 13.2. The van der Waals surface area contributed by atoms with Gasteiger partial charge in [-0.15, -0.1) is 0 Å². The Morgan fingerprint density at radius 3 is 2.86 bits per heavy atom. The summed E-state index contributed by atoms with van der Waals surface area (Å²) in [5.41, 5.74) is 0.207. The molecule has 0 bridgehead atoms. The van der Waals surface area contributed by atoms with Gasteiger partial charge in [-0.1, -0.05) is 19.3 Å². The first-order valence-electron chi connectivity index (χ1n) is 7.69. The second kappa shape index (κ2) is 6.08. The van der Waals surface area contributed by atoms with Gasteiger partial charge in [0.15, 0.2) is 0 Å². The van der Waals surface area contributed by atoms with Crippen molar-refractivity contribution in [2.45, 2.75) is 37.7 Å². The molecule has 1 amide bonds. The Morgan fingerprint density at radius 1 is 1.32 bits per heavy atom. The zero-order valence-electron chi connectivity index (χ0n) is 12.4. The minimum absolute atomic E-state index is 0.156. The average molecular weight is 305 g/mol. The first kappa shape index (κ1) is 15.0. The van der Waals surface area contributed by atoms with Crippen LogP contribution in [0.2, 0.25) is 0 Å². The minimum Gasteiger partial charge on any atom is -0.488 e. The lowest BCUT2D eigenvalue weighted by Crippen LogP contribution is -2.45. The number of ether oxygens (including phenoxy) is 1. The second-order valence-corrected chi connectivity index (χ2v) is 6.11. The third-order valence-corrected chi connectivity index (χ3v) is 4.34. The zero-order chi connectivity index (χ0) is 15.6. The maximum atomic E-state index is 13.2. The molecule has 1 heterocycles. The number of carbonyl (C=O) groups excluding carboxylic acids is 1. The topological polar surface area (TPSA) is 58.6 Å². The maximum absolute atomic E-state index is 13.2. The molecule has 4 nitrogen and oxygen atoms in total. The molecule has 0 saturated heterocycles. The van der Waals surface area contributed by atoms with E-state index in [0.29, 0.717) is 16.9 Å². The molecule has 0 radical (unpaired) electrons. The molecular formula is C17H20FNO3. The molecule has 0 spiro atoms. The highest BCUT2D eigenvalue weighted by Crippen LogP contribution is 2.28. The summed E-state index contributed by atoms with van der Waals surface area (Å²) in [6.07, 6.45) is 6.20. The molecule has 0 unspecified atom stereocenters. The number of aliphatic hydroxyl groups is 1. The molecule has 118 valence electrons. The number of hydrogen-bond acceptors (Lipinski definition) is 3. The van der Waals surface area contributed by atoms with Gasteiger partial charge in [0.2, 0.25) is 0 Å². The van der Waals surface area contributed by atoms with Crippen LogP contribution in [0, 0.1) is 5.82 Å². The van der Waals surface area contributed by atoms with Gasteiger partial charge in [0.05, 0.1) is 11.2 Å². The van der Waals surface area contributed by atoms with Crippen LogP contribution in [0.1, 0.15) is 37.7 Å². The van der Waals surface area contributed by atoms with Gasteiger partial charge in [0.1, 0.15) is 18.2 Å². The number of hydrogen-bond donors (Lipinski definition) is 2.